The van der Waals surface area contributed by atoms with Crippen molar-refractivity contribution in [1.29, 1.82) is 0 Å². The van der Waals surface area contributed by atoms with Crippen molar-refractivity contribution < 1.29 is 9.53 Å². The molecule has 0 radical (unpaired) electrons. The number of carbonyl (C=O) groups excluding carboxylic acids is 1. The highest BCUT2D eigenvalue weighted by molar-refractivity contribution is 14.2. The Hall–Kier alpha value is -2.72. The van der Waals surface area contributed by atoms with Gasteiger partial charge in [0.15, 0.2) is 5.65 Å². The van der Waals surface area contributed by atoms with E-state index in [1.54, 1.807) is 36.4 Å². The number of ether oxygens (including phenoxy) is 1. The number of amides is 1. The Morgan fingerprint density at radius 3 is 2.61 bits per heavy atom. The summed E-state index contributed by atoms with van der Waals surface area (Å²) in [6.07, 6.45) is 3.90. The molecule has 158 valence electrons. The van der Waals surface area contributed by atoms with Crippen molar-refractivity contribution in [2.45, 2.75) is 0 Å². The van der Waals surface area contributed by atoms with Gasteiger partial charge in [-0.1, -0.05) is 24.3 Å². The molecular formula is C23H21IN4O2S. The lowest BCUT2D eigenvalue weighted by Gasteiger charge is -2.13. The Bertz CT molecular complexity index is 1290. The lowest BCUT2D eigenvalue weighted by Crippen LogP contribution is -2.22. The maximum Gasteiger partial charge on any atom is 0.255 e. The molecule has 2 aromatic heterocycles. The van der Waals surface area contributed by atoms with E-state index in [1.165, 1.54) is 4.90 Å². The number of nitrogens with zero attached hydrogens (tertiary/aromatic N) is 3. The van der Waals surface area contributed by atoms with Gasteiger partial charge in [-0.3, -0.25) is 8.77 Å². The Morgan fingerprint density at radius 1 is 1.13 bits per heavy atom. The van der Waals surface area contributed by atoms with E-state index in [-0.39, 0.29) is 5.91 Å². The maximum absolute atomic E-state index is 12.5. The number of rotatable bonds is 5. The van der Waals surface area contributed by atoms with Gasteiger partial charge in [0.25, 0.3) is 5.91 Å². The lowest BCUT2D eigenvalue weighted by molar-refractivity contribution is 0.0828. The van der Waals surface area contributed by atoms with Crippen molar-refractivity contribution in [2.75, 3.05) is 26.9 Å². The number of hydrogen-bond acceptors (Lipinski definition) is 5. The molecule has 2 heterocycles. The summed E-state index contributed by atoms with van der Waals surface area (Å²) in [6, 6.07) is 15.5. The van der Waals surface area contributed by atoms with Gasteiger partial charge in [-0.2, -0.15) is 0 Å². The van der Waals surface area contributed by atoms with Crippen LogP contribution in [0.3, 0.4) is 0 Å². The number of aromatic nitrogens is 2. The van der Waals surface area contributed by atoms with E-state index < -0.39 is 0 Å². The zero-order valence-electron chi connectivity index (χ0n) is 17.3. The summed E-state index contributed by atoms with van der Waals surface area (Å²) in [4.78, 5) is 18.8. The minimum atomic E-state index is -0.129. The smallest absolute Gasteiger partial charge is 0.255 e. The second-order valence-corrected chi connectivity index (χ2v) is 8.95. The van der Waals surface area contributed by atoms with Crippen LogP contribution in [0.1, 0.15) is 10.4 Å². The summed E-state index contributed by atoms with van der Waals surface area (Å²) in [6.45, 7) is 0. The van der Waals surface area contributed by atoms with Gasteiger partial charge >= 0.3 is 0 Å². The van der Waals surface area contributed by atoms with Crippen LogP contribution in [0.4, 0.5) is 5.69 Å². The summed E-state index contributed by atoms with van der Waals surface area (Å²) >= 11 is 2.25. The molecule has 0 saturated heterocycles. The van der Waals surface area contributed by atoms with E-state index >= 15 is 0 Å². The fourth-order valence-corrected chi connectivity index (χ4v) is 4.79. The van der Waals surface area contributed by atoms with Crippen molar-refractivity contribution >= 4 is 53.0 Å². The zero-order valence-corrected chi connectivity index (χ0v) is 20.3. The molecule has 6 nitrogen and oxygen atoms in total. The molecular weight excluding hydrogens is 523 g/mol. The largest absolute Gasteiger partial charge is 0.496 e. The molecule has 2 N–H and O–H groups in total. The summed E-state index contributed by atoms with van der Waals surface area (Å²) in [5, 5.41) is 1.00. The SMILES string of the molecule is COc1ccccc1-c1cn(SI)c2ncc(-c3ccc(N)c(C(=O)N(C)C)c3)cc12. The van der Waals surface area contributed by atoms with Crippen LogP contribution in [0.15, 0.2) is 60.9 Å². The molecule has 8 heteroatoms. The molecule has 0 fully saturated rings. The lowest BCUT2D eigenvalue weighted by atomic mass is 9.99. The average molecular weight is 544 g/mol. The van der Waals surface area contributed by atoms with Crippen LogP contribution in [0.5, 0.6) is 5.75 Å². The predicted molar refractivity (Wildman–Crippen MR) is 137 cm³/mol. The van der Waals surface area contributed by atoms with Crippen molar-refractivity contribution in [2.24, 2.45) is 0 Å². The van der Waals surface area contributed by atoms with Crippen LogP contribution in [0.2, 0.25) is 0 Å². The summed E-state index contributed by atoms with van der Waals surface area (Å²) in [7, 11) is 6.66. The van der Waals surface area contributed by atoms with E-state index in [0.717, 1.165) is 39.0 Å². The number of pyridine rings is 1. The monoisotopic (exact) mass is 544 g/mol. The molecule has 0 aliphatic carbocycles. The Labute approximate surface area is 197 Å². The molecule has 0 aliphatic rings. The van der Waals surface area contributed by atoms with E-state index in [9.17, 15) is 4.79 Å². The average Bonchev–Trinajstić information content (AvgIpc) is 3.16. The molecule has 1 amide bonds. The first-order valence-electron chi connectivity index (χ1n) is 9.49. The quantitative estimate of drug-likeness (QED) is 0.265. The molecule has 2 aromatic carbocycles. The third-order valence-electron chi connectivity index (χ3n) is 5.11. The number of nitrogens with two attached hydrogens (primary N) is 1. The minimum Gasteiger partial charge on any atom is -0.496 e. The molecule has 31 heavy (non-hydrogen) atoms. The second-order valence-electron chi connectivity index (χ2n) is 7.23. The number of hydrogen-bond donors (Lipinski definition) is 1. The number of nitrogen functional groups attached to an aromatic ring is 1. The standard InChI is InChI=1S/C23H21IN4O2S/c1-27(2)23(29)18-10-14(8-9-20(18)25)15-11-17-19(13-28(31-24)22(17)26-12-15)16-6-4-5-7-21(16)30-3/h4-13H,25H2,1-3H3. The van der Waals surface area contributed by atoms with Gasteiger partial charge in [0, 0.05) is 84.6 Å². The van der Waals surface area contributed by atoms with Crippen molar-refractivity contribution in [3.63, 3.8) is 0 Å². The van der Waals surface area contributed by atoms with E-state index in [0.29, 0.717) is 11.3 Å². The van der Waals surface area contributed by atoms with Gasteiger partial charge in [-0.15, -0.1) is 0 Å². The van der Waals surface area contributed by atoms with Crippen molar-refractivity contribution in [3.8, 4) is 28.0 Å². The molecule has 0 bridgehead atoms. The van der Waals surface area contributed by atoms with E-state index in [4.69, 9.17) is 15.5 Å². The van der Waals surface area contributed by atoms with E-state index in [1.807, 2.05) is 46.6 Å². The topological polar surface area (TPSA) is 73.4 Å². The first-order chi connectivity index (χ1) is 14.9. The van der Waals surface area contributed by atoms with Gasteiger partial charge in [-0.25, -0.2) is 4.98 Å². The first-order valence-corrected chi connectivity index (χ1v) is 12.8. The third-order valence-corrected chi connectivity index (χ3v) is 6.81. The van der Waals surface area contributed by atoms with Gasteiger partial charge in [-0.05, 0) is 29.8 Å². The summed E-state index contributed by atoms with van der Waals surface area (Å²) in [5.74, 6) is 0.673. The Kier molecular flexibility index (Phi) is 6.10. The van der Waals surface area contributed by atoms with E-state index in [2.05, 4.69) is 33.5 Å². The van der Waals surface area contributed by atoms with Crippen LogP contribution < -0.4 is 10.5 Å². The fourth-order valence-electron chi connectivity index (χ4n) is 3.53. The molecule has 0 atom stereocenters. The Balaban J connectivity index is 1.91. The minimum absolute atomic E-state index is 0.129. The maximum atomic E-state index is 12.5. The van der Waals surface area contributed by atoms with Gasteiger partial charge in [0.05, 0.1) is 12.7 Å². The molecule has 0 saturated carbocycles. The van der Waals surface area contributed by atoms with Crippen LogP contribution in [0, 0.1) is 0 Å². The second kappa shape index (κ2) is 8.80. The molecule has 0 spiro atoms. The third kappa shape index (κ3) is 3.97. The number of halogens is 1. The number of fused-ring (bicyclic) bond motifs is 1. The van der Waals surface area contributed by atoms with Crippen molar-refractivity contribution in [1.82, 2.24) is 13.9 Å². The zero-order chi connectivity index (χ0) is 22.1. The van der Waals surface area contributed by atoms with Crippen LogP contribution in [0.25, 0.3) is 33.3 Å². The van der Waals surface area contributed by atoms with Crippen LogP contribution >= 0.6 is 30.3 Å². The van der Waals surface area contributed by atoms with Gasteiger partial charge < -0.3 is 15.4 Å². The highest BCUT2D eigenvalue weighted by atomic mass is 127. The first kappa shape index (κ1) is 21.5. The van der Waals surface area contributed by atoms with Gasteiger partial charge in [0.1, 0.15) is 5.75 Å². The number of anilines is 1. The van der Waals surface area contributed by atoms with Crippen LogP contribution in [-0.2, 0) is 0 Å². The fraction of sp³-hybridized carbons (Fsp3) is 0.130. The molecule has 4 aromatic rings. The highest BCUT2D eigenvalue weighted by Crippen LogP contribution is 2.39. The normalized spacial score (nSPS) is 11.0. The van der Waals surface area contributed by atoms with Crippen molar-refractivity contribution in [3.05, 3.63) is 66.5 Å². The number of benzene rings is 2. The predicted octanol–water partition coefficient (Wildman–Crippen LogP) is 5.51. The molecule has 0 unspecified atom stereocenters. The molecule has 0 aliphatic heterocycles. The van der Waals surface area contributed by atoms with Gasteiger partial charge in [0.2, 0.25) is 0 Å². The molecule has 4 rings (SSSR count). The Morgan fingerprint density at radius 2 is 1.90 bits per heavy atom. The number of para-hydroxylation sites is 1. The summed E-state index contributed by atoms with van der Waals surface area (Å²) in [5.41, 5.74) is 11.7. The number of methoxy groups -OCH3 is 1. The highest BCUT2D eigenvalue weighted by Gasteiger charge is 2.17. The summed E-state index contributed by atoms with van der Waals surface area (Å²) < 4.78 is 7.62. The van der Waals surface area contributed by atoms with Crippen LogP contribution in [-0.4, -0.2) is 41.0 Å². The number of carbonyl (C=O) groups is 1.